The minimum atomic E-state index is -1.88. The molecular weight excluding hydrogens is 171 g/mol. The highest BCUT2D eigenvalue weighted by atomic mass is 19.2. The number of aryl methyl sites for hydroxylation is 1. The molecular formula is C10H11FO2. The smallest absolute Gasteiger partial charge is 0.271 e. The molecule has 0 bridgehead atoms. The molecule has 1 aliphatic rings. The molecule has 1 atom stereocenters. The van der Waals surface area contributed by atoms with Crippen molar-refractivity contribution in [2.75, 3.05) is 6.61 Å². The lowest BCUT2D eigenvalue weighted by molar-refractivity contribution is -0.113. The lowest BCUT2D eigenvalue weighted by Crippen LogP contribution is -2.38. The third-order valence-corrected chi connectivity index (χ3v) is 2.27. The molecule has 3 heteroatoms. The summed E-state index contributed by atoms with van der Waals surface area (Å²) in [5.41, 5.74) is 1.00. The zero-order chi connectivity index (χ0) is 9.31. The van der Waals surface area contributed by atoms with Crippen molar-refractivity contribution in [2.24, 2.45) is 0 Å². The Morgan fingerprint density at radius 3 is 3.00 bits per heavy atom. The molecule has 0 aromatic heterocycles. The van der Waals surface area contributed by atoms with E-state index in [1.807, 2.05) is 12.1 Å². The van der Waals surface area contributed by atoms with E-state index < -0.39 is 12.5 Å². The highest BCUT2D eigenvalue weighted by Crippen LogP contribution is 2.33. The minimum Gasteiger partial charge on any atom is -0.455 e. The van der Waals surface area contributed by atoms with Gasteiger partial charge in [-0.15, -0.1) is 0 Å². The lowest BCUT2D eigenvalue weighted by atomic mass is 10.0. The van der Waals surface area contributed by atoms with Crippen molar-refractivity contribution >= 4 is 0 Å². The Morgan fingerprint density at radius 1 is 1.46 bits per heavy atom. The molecule has 0 saturated carbocycles. The van der Waals surface area contributed by atoms with Gasteiger partial charge >= 0.3 is 0 Å². The van der Waals surface area contributed by atoms with Gasteiger partial charge < -0.3 is 9.84 Å². The Bertz CT molecular complexity index is 314. The van der Waals surface area contributed by atoms with Gasteiger partial charge in [-0.1, -0.05) is 18.2 Å². The van der Waals surface area contributed by atoms with Crippen LogP contribution in [0.25, 0.3) is 0 Å². The maximum absolute atomic E-state index is 13.5. The van der Waals surface area contributed by atoms with E-state index >= 15 is 0 Å². The van der Waals surface area contributed by atoms with Crippen molar-refractivity contribution in [1.29, 1.82) is 0 Å². The van der Waals surface area contributed by atoms with Crippen LogP contribution in [0.4, 0.5) is 4.39 Å². The van der Waals surface area contributed by atoms with E-state index in [4.69, 9.17) is 9.84 Å². The van der Waals surface area contributed by atoms with Crippen molar-refractivity contribution in [1.82, 2.24) is 0 Å². The first-order chi connectivity index (χ1) is 6.23. The molecule has 0 saturated heterocycles. The van der Waals surface area contributed by atoms with Crippen molar-refractivity contribution in [2.45, 2.75) is 18.7 Å². The van der Waals surface area contributed by atoms with Crippen LogP contribution in [-0.2, 0) is 6.42 Å². The van der Waals surface area contributed by atoms with E-state index in [1.54, 1.807) is 12.1 Å². The van der Waals surface area contributed by atoms with Gasteiger partial charge in [-0.2, -0.15) is 4.39 Å². The summed E-state index contributed by atoms with van der Waals surface area (Å²) in [5, 5.41) is 8.78. The van der Waals surface area contributed by atoms with Gasteiger partial charge in [-0.05, 0) is 18.1 Å². The quantitative estimate of drug-likeness (QED) is 0.715. The second-order valence-electron chi connectivity index (χ2n) is 3.25. The van der Waals surface area contributed by atoms with Gasteiger partial charge in [0.05, 0.1) is 0 Å². The number of fused-ring (bicyclic) bond motifs is 1. The van der Waals surface area contributed by atoms with Crippen LogP contribution in [0.2, 0.25) is 0 Å². The first-order valence-electron chi connectivity index (χ1n) is 4.30. The van der Waals surface area contributed by atoms with Crippen molar-refractivity contribution in [3.8, 4) is 5.75 Å². The molecule has 70 valence electrons. The molecule has 0 aliphatic carbocycles. The second kappa shape index (κ2) is 3.00. The zero-order valence-electron chi connectivity index (χ0n) is 7.16. The Hall–Kier alpha value is -1.09. The number of halogens is 1. The summed E-state index contributed by atoms with van der Waals surface area (Å²) < 4.78 is 18.6. The van der Waals surface area contributed by atoms with E-state index in [0.29, 0.717) is 12.2 Å². The number of hydrogen-bond donors (Lipinski definition) is 1. The van der Waals surface area contributed by atoms with Crippen molar-refractivity contribution < 1.29 is 14.2 Å². The minimum absolute atomic E-state index is 0.223. The average Bonchev–Trinajstić information content (AvgIpc) is 2.18. The zero-order valence-corrected chi connectivity index (χ0v) is 7.16. The van der Waals surface area contributed by atoms with Crippen LogP contribution in [0.1, 0.15) is 12.0 Å². The third kappa shape index (κ3) is 1.52. The highest BCUT2D eigenvalue weighted by Gasteiger charge is 2.35. The number of ether oxygens (including phenoxy) is 1. The Balaban J connectivity index is 2.29. The standard InChI is InChI=1S/C10H11FO2/c11-10(7-12)6-5-8-3-1-2-4-9(8)13-10/h1-4,12H,5-7H2. The number of hydrogen-bond acceptors (Lipinski definition) is 2. The van der Waals surface area contributed by atoms with Crippen LogP contribution in [0.3, 0.4) is 0 Å². The van der Waals surface area contributed by atoms with Gasteiger partial charge in [0.2, 0.25) is 0 Å². The summed E-state index contributed by atoms with van der Waals surface area (Å²) in [5.74, 6) is -1.33. The number of alkyl halides is 1. The fourth-order valence-electron chi connectivity index (χ4n) is 1.49. The summed E-state index contributed by atoms with van der Waals surface area (Å²) in [6, 6.07) is 7.32. The van der Waals surface area contributed by atoms with Crippen LogP contribution in [0, 0.1) is 0 Å². The first kappa shape index (κ1) is 8.51. The topological polar surface area (TPSA) is 29.5 Å². The average molecular weight is 182 g/mol. The SMILES string of the molecule is OCC1(F)CCc2ccccc2O1. The molecule has 1 N–H and O–H groups in total. The lowest BCUT2D eigenvalue weighted by Gasteiger charge is -2.30. The predicted octanol–water partition coefficient (Wildman–Crippen LogP) is 1.67. The van der Waals surface area contributed by atoms with Crippen LogP contribution in [0.5, 0.6) is 5.75 Å². The van der Waals surface area contributed by atoms with Crippen LogP contribution in [-0.4, -0.2) is 17.6 Å². The third-order valence-electron chi connectivity index (χ3n) is 2.27. The molecule has 1 aromatic rings. The van der Waals surface area contributed by atoms with Gasteiger partial charge in [0.1, 0.15) is 12.4 Å². The molecule has 13 heavy (non-hydrogen) atoms. The van der Waals surface area contributed by atoms with Gasteiger partial charge in [0.15, 0.2) is 0 Å². The Kier molecular flexibility index (Phi) is 1.96. The fraction of sp³-hybridized carbons (Fsp3) is 0.400. The van der Waals surface area contributed by atoms with Gasteiger partial charge in [-0.25, -0.2) is 0 Å². The van der Waals surface area contributed by atoms with Crippen LogP contribution >= 0.6 is 0 Å². The van der Waals surface area contributed by atoms with Crippen molar-refractivity contribution in [3.05, 3.63) is 29.8 Å². The number of aliphatic hydroxyl groups excluding tert-OH is 1. The van der Waals surface area contributed by atoms with Gasteiger partial charge in [-0.3, -0.25) is 0 Å². The largest absolute Gasteiger partial charge is 0.455 e. The second-order valence-corrected chi connectivity index (χ2v) is 3.25. The number of benzene rings is 1. The molecule has 1 heterocycles. The van der Waals surface area contributed by atoms with E-state index in [0.717, 1.165) is 5.56 Å². The van der Waals surface area contributed by atoms with E-state index in [2.05, 4.69) is 0 Å². The molecule has 1 aromatic carbocycles. The van der Waals surface area contributed by atoms with E-state index in [1.165, 1.54) is 0 Å². The Morgan fingerprint density at radius 2 is 2.23 bits per heavy atom. The summed E-state index contributed by atoms with van der Waals surface area (Å²) in [6.45, 7) is -0.582. The molecule has 1 unspecified atom stereocenters. The molecule has 0 radical (unpaired) electrons. The summed E-state index contributed by atoms with van der Waals surface area (Å²) in [6.07, 6.45) is 0.841. The van der Waals surface area contributed by atoms with Gasteiger partial charge in [0, 0.05) is 6.42 Å². The van der Waals surface area contributed by atoms with E-state index in [-0.39, 0.29) is 6.42 Å². The fourth-order valence-corrected chi connectivity index (χ4v) is 1.49. The highest BCUT2D eigenvalue weighted by molar-refractivity contribution is 5.35. The maximum atomic E-state index is 13.5. The summed E-state index contributed by atoms with van der Waals surface area (Å²) in [4.78, 5) is 0. The molecule has 0 spiro atoms. The van der Waals surface area contributed by atoms with Gasteiger partial charge in [0.25, 0.3) is 5.85 Å². The number of rotatable bonds is 1. The normalized spacial score (nSPS) is 26.3. The summed E-state index contributed by atoms with van der Waals surface area (Å²) in [7, 11) is 0. The summed E-state index contributed by atoms with van der Waals surface area (Å²) >= 11 is 0. The van der Waals surface area contributed by atoms with Crippen LogP contribution in [0.15, 0.2) is 24.3 Å². The Labute approximate surface area is 76.0 Å². The monoisotopic (exact) mass is 182 g/mol. The molecule has 1 aliphatic heterocycles. The molecule has 0 amide bonds. The van der Waals surface area contributed by atoms with E-state index in [9.17, 15) is 4.39 Å². The predicted molar refractivity (Wildman–Crippen MR) is 46.3 cm³/mol. The molecule has 2 rings (SSSR count). The molecule has 0 fully saturated rings. The maximum Gasteiger partial charge on any atom is 0.271 e. The number of aliphatic hydroxyl groups is 1. The first-order valence-corrected chi connectivity index (χ1v) is 4.30. The van der Waals surface area contributed by atoms with Crippen molar-refractivity contribution in [3.63, 3.8) is 0 Å². The number of para-hydroxylation sites is 1. The molecule has 2 nitrogen and oxygen atoms in total. The van der Waals surface area contributed by atoms with Crippen LogP contribution < -0.4 is 4.74 Å².